The van der Waals surface area contributed by atoms with E-state index in [0.29, 0.717) is 12.0 Å². The Morgan fingerprint density at radius 1 is 0.963 bits per heavy atom. The Labute approximate surface area is 165 Å². The molecule has 0 heterocycles. The third-order valence-corrected chi connectivity index (χ3v) is 6.07. The van der Waals surface area contributed by atoms with Gasteiger partial charge >= 0.3 is 0 Å². The monoisotopic (exact) mass is 382 g/mol. The molecule has 0 aromatic heterocycles. The average molecular weight is 382 g/mol. The summed E-state index contributed by atoms with van der Waals surface area (Å²) >= 11 is 0. The molecule has 0 aliphatic rings. The number of hydrogen-bond donors (Lipinski definition) is 0. The van der Waals surface area contributed by atoms with Gasteiger partial charge in [-0.15, -0.1) is 0 Å². The molecule has 2 aromatic carbocycles. The van der Waals surface area contributed by atoms with Crippen LogP contribution in [0.15, 0.2) is 42.5 Å². The predicted octanol–water partition coefficient (Wildman–Crippen LogP) is 7.02. The molecule has 144 valence electrons. The van der Waals surface area contributed by atoms with Gasteiger partial charge in [0.05, 0.1) is 0 Å². The third kappa shape index (κ3) is 4.38. The van der Waals surface area contributed by atoms with Gasteiger partial charge in [0.25, 0.3) is 0 Å². The number of benzene rings is 2. The average Bonchev–Trinajstić information content (AvgIpc) is 2.58. The quantitative estimate of drug-likeness (QED) is 0.397. The lowest BCUT2D eigenvalue weighted by Crippen LogP contribution is -2.33. The van der Waals surface area contributed by atoms with Crippen LogP contribution in [0.4, 0.5) is 0 Å². The van der Waals surface area contributed by atoms with Gasteiger partial charge in [-0.3, -0.25) is 9.36 Å². The fourth-order valence-electron chi connectivity index (χ4n) is 3.74. The first-order valence-corrected chi connectivity index (χ1v) is 10.4. The zero-order chi connectivity index (χ0) is 20.4. The highest BCUT2D eigenvalue weighted by atomic mass is 31.1. The maximum Gasteiger partial charge on any atom is 0.185 e. The summed E-state index contributed by atoms with van der Waals surface area (Å²) in [4.78, 5) is 13.8. The van der Waals surface area contributed by atoms with E-state index in [2.05, 4.69) is 46.8 Å². The van der Waals surface area contributed by atoms with E-state index >= 15 is 0 Å². The maximum atomic E-state index is 13.8. The Kier molecular flexibility index (Phi) is 6.43. The van der Waals surface area contributed by atoms with E-state index in [4.69, 9.17) is 0 Å². The Hall–Kier alpha value is -1.79. The standard InChI is InChI=1S/C24H31O2P/c1-16(2)15-24(27-26,19-11-9-8-10-12-19)22(25)21-17(3)13-20(14-18(21)4)23(5,6)7/h8-14,16H,15H2,1-7H3. The van der Waals surface area contributed by atoms with Gasteiger partial charge in [-0.05, 0) is 53.9 Å². The molecule has 1 unspecified atom stereocenters. The van der Waals surface area contributed by atoms with E-state index in [1.54, 1.807) is 0 Å². The molecule has 2 rings (SSSR count). The summed E-state index contributed by atoms with van der Waals surface area (Å²) in [5, 5.41) is -1.05. The molecule has 0 saturated carbocycles. The maximum absolute atomic E-state index is 13.8. The molecule has 2 nitrogen and oxygen atoms in total. The van der Waals surface area contributed by atoms with Gasteiger partial charge in [0.1, 0.15) is 5.16 Å². The van der Waals surface area contributed by atoms with E-state index in [9.17, 15) is 9.36 Å². The van der Waals surface area contributed by atoms with Crippen LogP contribution in [0, 0.1) is 19.8 Å². The summed E-state index contributed by atoms with van der Waals surface area (Å²) in [6.07, 6.45) is 0.542. The van der Waals surface area contributed by atoms with E-state index in [1.807, 2.05) is 44.2 Å². The molecule has 0 aliphatic carbocycles. The Morgan fingerprint density at radius 3 is 1.89 bits per heavy atom. The minimum absolute atomic E-state index is 0.0162. The molecule has 0 amide bonds. The number of Topliss-reactive ketones (excluding diaryl/α,β-unsaturated/α-hetero) is 1. The fraction of sp³-hybridized carbons (Fsp3) is 0.458. The highest BCUT2D eigenvalue weighted by molar-refractivity contribution is 7.27. The predicted molar refractivity (Wildman–Crippen MR) is 114 cm³/mol. The molecule has 1 atom stereocenters. The molecule has 0 bridgehead atoms. The van der Waals surface area contributed by atoms with Gasteiger partial charge in [0.2, 0.25) is 0 Å². The van der Waals surface area contributed by atoms with E-state index in [-0.39, 0.29) is 25.6 Å². The molecular formula is C24H31O2P. The van der Waals surface area contributed by atoms with Gasteiger partial charge in [-0.1, -0.05) is 77.1 Å². The molecule has 3 heteroatoms. The van der Waals surface area contributed by atoms with Crippen LogP contribution in [0.5, 0.6) is 0 Å². The molecular weight excluding hydrogens is 351 g/mol. The van der Waals surface area contributed by atoms with Gasteiger partial charge < -0.3 is 0 Å². The van der Waals surface area contributed by atoms with E-state index in [1.165, 1.54) is 5.56 Å². The van der Waals surface area contributed by atoms with E-state index < -0.39 is 5.16 Å². The minimum atomic E-state index is -1.05. The van der Waals surface area contributed by atoms with Crippen LogP contribution < -0.4 is 0 Å². The van der Waals surface area contributed by atoms with Crippen molar-refractivity contribution in [3.63, 3.8) is 0 Å². The van der Waals surface area contributed by atoms with Crippen LogP contribution in [0.2, 0.25) is 0 Å². The third-order valence-electron chi connectivity index (χ3n) is 5.11. The molecule has 0 saturated heterocycles. The Balaban J connectivity index is 2.68. The molecule has 0 spiro atoms. The summed E-state index contributed by atoms with van der Waals surface area (Å²) < 4.78 is 12.5. The van der Waals surface area contributed by atoms with Crippen LogP contribution >= 0.6 is 8.46 Å². The second kappa shape index (κ2) is 8.07. The van der Waals surface area contributed by atoms with Crippen molar-refractivity contribution in [1.82, 2.24) is 0 Å². The van der Waals surface area contributed by atoms with Crippen molar-refractivity contribution in [3.05, 3.63) is 70.3 Å². The van der Waals surface area contributed by atoms with Crippen molar-refractivity contribution < 1.29 is 9.36 Å². The molecule has 0 aliphatic heterocycles. The summed E-state index contributed by atoms with van der Waals surface area (Å²) in [5.41, 5.74) is 4.66. The van der Waals surface area contributed by atoms with Crippen molar-refractivity contribution in [2.75, 3.05) is 0 Å². The first kappa shape index (κ1) is 21.5. The van der Waals surface area contributed by atoms with E-state index in [0.717, 1.165) is 16.7 Å². The smallest absolute Gasteiger partial charge is 0.185 e. The fourth-order valence-corrected chi connectivity index (χ4v) is 4.63. The Morgan fingerprint density at radius 2 is 1.48 bits per heavy atom. The largest absolute Gasteiger partial charge is 0.292 e. The SMILES string of the molecule is Cc1cc(C(C)(C)C)cc(C)c1C(=O)C(CC(C)C)(P=O)c1ccccc1. The summed E-state index contributed by atoms with van der Waals surface area (Å²) in [6, 6.07) is 13.8. The molecule has 0 N–H and O–H groups in total. The second-order valence-corrected chi connectivity index (χ2v) is 9.93. The lowest BCUT2D eigenvalue weighted by Gasteiger charge is -2.30. The summed E-state index contributed by atoms with van der Waals surface area (Å²) in [5.74, 6) is 0.194. The number of carbonyl (C=O) groups excluding carboxylic acids is 1. The summed E-state index contributed by atoms with van der Waals surface area (Å²) in [6.45, 7) is 14.6. The van der Waals surface area contributed by atoms with Crippen molar-refractivity contribution in [2.24, 2.45) is 5.92 Å². The molecule has 2 aromatic rings. The highest BCUT2D eigenvalue weighted by Crippen LogP contribution is 2.45. The van der Waals surface area contributed by atoms with Gasteiger partial charge in [-0.25, -0.2) is 0 Å². The molecule has 0 radical (unpaired) electrons. The molecule has 27 heavy (non-hydrogen) atoms. The number of aryl methyl sites for hydroxylation is 2. The highest BCUT2D eigenvalue weighted by Gasteiger charge is 2.43. The first-order valence-electron chi connectivity index (χ1n) is 9.59. The van der Waals surface area contributed by atoms with Crippen molar-refractivity contribution in [2.45, 2.75) is 65.5 Å². The van der Waals surface area contributed by atoms with Gasteiger partial charge in [0.15, 0.2) is 14.2 Å². The zero-order valence-corrected chi connectivity index (χ0v) is 18.5. The summed E-state index contributed by atoms with van der Waals surface area (Å²) in [7, 11) is -0.148. The molecule has 0 fully saturated rings. The zero-order valence-electron chi connectivity index (χ0n) is 17.6. The lowest BCUT2D eigenvalue weighted by molar-refractivity contribution is 0.0923. The normalized spacial score (nSPS) is 14.4. The number of hydrogen-bond acceptors (Lipinski definition) is 2. The second-order valence-electron chi connectivity index (χ2n) is 8.98. The lowest BCUT2D eigenvalue weighted by atomic mass is 9.78. The van der Waals surface area contributed by atoms with Crippen LogP contribution in [0.3, 0.4) is 0 Å². The van der Waals surface area contributed by atoms with Crippen LogP contribution in [0.1, 0.15) is 73.7 Å². The Bertz CT molecular complexity index is 808. The van der Waals surface area contributed by atoms with Gasteiger partial charge in [-0.2, -0.15) is 0 Å². The van der Waals surface area contributed by atoms with Crippen molar-refractivity contribution in [1.29, 1.82) is 0 Å². The van der Waals surface area contributed by atoms with Crippen LogP contribution in [-0.4, -0.2) is 5.78 Å². The number of ketones is 1. The van der Waals surface area contributed by atoms with Crippen LogP contribution in [0.25, 0.3) is 0 Å². The minimum Gasteiger partial charge on any atom is -0.292 e. The van der Waals surface area contributed by atoms with Crippen molar-refractivity contribution in [3.8, 4) is 0 Å². The topological polar surface area (TPSA) is 34.1 Å². The number of carbonyl (C=O) groups is 1. The number of rotatable bonds is 6. The first-order chi connectivity index (χ1) is 12.5. The van der Waals surface area contributed by atoms with Crippen LogP contribution in [-0.2, 0) is 15.1 Å². The van der Waals surface area contributed by atoms with Crippen molar-refractivity contribution >= 4 is 14.2 Å². The van der Waals surface area contributed by atoms with Gasteiger partial charge in [0, 0.05) is 5.56 Å².